The molecule has 20 heavy (non-hydrogen) atoms. The maximum Gasteiger partial charge on any atom is 0.125 e. The maximum absolute atomic E-state index is 6.03. The van der Waals surface area contributed by atoms with Gasteiger partial charge in [0, 0.05) is 48.9 Å². The Labute approximate surface area is 123 Å². The quantitative estimate of drug-likeness (QED) is 0.939. The van der Waals surface area contributed by atoms with Crippen molar-refractivity contribution in [2.75, 3.05) is 33.0 Å². The van der Waals surface area contributed by atoms with E-state index >= 15 is 0 Å². The number of ether oxygens (including phenoxy) is 1. The van der Waals surface area contributed by atoms with E-state index < -0.39 is 0 Å². The number of hydrogen-bond donors (Lipinski definition) is 1. The highest BCUT2D eigenvalue weighted by Crippen LogP contribution is 2.39. The van der Waals surface area contributed by atoms with E-state index in [0.717, 1.165) is 35.0 Å². The summed E-state index contributed by atoms with van der Waals surface area (Å²) in [5, 5.41) is 6.30. The molecule has 1 aliphatic rings. The normalized spacial score (nSPS) is 17.1. The predicted molar refractivity (Wildman–Crippen MR) is 83.8 cm³/mol. The smallest absolute Gasteiger partial charge is 0.125 e. The molecule has 0 saturated carbocycles. The molecule has 0 saturated heterocycles. The van der Waals surface area contributed by atoms with E-state index in [4.69, 9.17) is 4.74 Å². The van der Waals surface area contributed by atoms with Crippen molar-refractivity contribution in [1.29, 1.82) is 0 Å². The third kappa shape index (κ3) is 2.51. The van der Waals surface area contributed by atoms with Crippen molar-refractivity contribution < 1.29 is 4.74 Å². The van der Waals surface area contributed by atoms with Gasteiger partial charge in [0.1, 0.15) is 16.9 Å². The molecular weight excluding hydrogens is 270 g/mol. The molecule has 1 unspecified atom stereocenters. The number of anilines is 1. The average molecular weight is 289 g/mol. The fourth-order valence-corrected chi connectivity index (χ4v) is 3.28. The summed E-state index contributed by atoms with van der Waals surface area (Å²) in [7, 11) is 6.09. The first-order valence-corrected chi connectivity index (χ1v) is 7.61. The molecule has 5 heteroatoms. The lowest BCUT2D eigenvalue weighted by Gasteiger charge is -2.15. The molecule has 0 bridgehead atoms. The Kier molecular flexibility index (Phi) is 3.63. The van der Waals surface area contributed by atoms with Gasteiger partial charge in [-0.05, 0) is 25.7 Å². The zero-order chi connectivity index (χ0) is 14.1. The van der Waals surface area contributed by atoms with Crippen LogP contribution in [0.3, 0.4) is 0 Å². The molecule has 0 spiro atoms. The van der Waals surface area contributed by atoms with Gasteiger partial charge in [0.25, 0.3) is 0 Å². The Morgan fingerprint density at radius 3 is 2.95 bits per heavy atom. The Hall–Kier alpha value is -1.59. The minimum Gasteiger partial charge on any atom is -0.488 e. The second-order valence-electron chi connectivity index (χ2n) is 5.30. The van der Waals surface area contributed by atoms with Crippen LogP contribution in [0.2, 0.25) is 0 Å². The van der Waals surface area contributed by atoms with Gasteiger partial charge in [-0.3, -0.25) is 0 Å². The third-order valence-electron chi connectivity index (χ3n) is 3.44. The second-order valence-corrected chi connectivity index (χ2v) is 6.19. The van der Waals surface area contributed by atoms with E-state index in [-0.39, 0.29) is 6.10 Å². The fraction of sp³-hybridized carbons (Fsp3) is 0.400. The third-order valence-corrected chi connectivity index (χ3v) is 4.25. The standard InChI is InChI=1S/C15H19N3OS/c1-16-13-8-14-10(6-11(19-14)9-18(2)3)7-12(13)15-17-4-5-20-15/h4-5,7-8,11,16H,6,9H2,1-3H3. The van der Waals surface area contributed by atoms with Gasteiger partial charge in [-0.1, -0.05) is 0 Å². The highest BCUT2D eigenvalue weighted by Gasteiger charge is 2.25. The van der Waals surface area contributed by atoms with Gasteiger partial charge in [-0.2, -0.15) is 0 Å². The van der Waals surface area contributed by atoms with Crippen molar-refractivity contribution in [2.24, 2.45) is 0 Å². The van der Waals surface area contributed by atoms with Crippen molar-refractivity contribution in [2.45, 2.75) is 12.5 Å². The van der Waals surface area contributed by atoms with Crippen molar-refractivity contribution in [3.63, 3.8) is 0 Å². The number of thiazole rings is 1. The minimum atomic E-state index is 0.247. The van der Waals surface area contributed by atoms with Crippen LogP contribution in [0.4, 0.5) is 5.69 Å². The first kappa shape index (κ1) is 13.4. The zero-order valence-electron chi connectivity index (χ0n) is 12.0. The van der Waals surface area contributed by atoms with Crippen LogP contribution in [0.1, 0.15) is 5.56 Å². The zero-order valence-corrected chi connectivity index (χ0v) is 12.8. The number of fused-ring (bicyclic) bond motifs is 1. The van der Waals surface area contributed by atoms with Crippen molar-refractivity contribution >= 4 is 17.0 Å². The van der Waals surface area contributed by atoms with E-state index in [1.165, 1.54) is 5.56 Å². The largest absolute Gasteiger partial charge is 0.488 e. The molecule has 2 aromatic rings. The summed E-state index contributed by atoms with van der Waals surface area (Å²) in [6.07, 6.45) is 3.06. The number of hydrogen-bond acceptors (Lipinski definition) is 5. The summed E-state index contributed by atoms with van der Waals surface area (Å²) in [5.41, 5.74) is 3.51. The number of rotatable bonds is 4. The van der Waals surface area contributed by atoms with Crippen LogP contribution in [0.25, 0.3) is 10.6 Å². The van der Waals surface area contributed by atoms with E-state index in [1.54, 1.807) is 11.3 Å². The number of aromatic nitrogens is 1. The summed E-state index contributed by atoms with van der Waals surface area (Å²) in [6, 6.07) is 4.32. The van der Waals surface area contributed by atoms with E-state index in [2.05, 4.69) is 41.4 Å². The first-order chi connectivity index (χ1) is 9.67. The molecule has 1 atom stereocenters. The molecule has 0 aliphatic carbocycles. The molecule has 0 fully saturated rings. The summed E-state index contributed by atoms with van der Waals surface area (Å²) >= 11 is 1.66. The fourth-order valence-electron chi connectivity index (χ4n) is 2.61. The summed E-state index contributed by atoms with van der Waals surface area (Å²) in [5.74, 6) is 1.00. The van der Waals surface area contributed by atoms with E-state index in [0.29, 0.717) is 0 Å². The molecular formula is C15H19N3OS. The molecule has 1 N–H and O–H groups in total. The SMILES string of the molecule is CNc1cc2c(cc1-c1nccs1)CC(CN(C)C)O2. The summed E-state index contributed by atoms with van der Waals surface area (Å²) in [6.45, 7) is 0.941. The molecule has 0 radical (unpaired) electrons. The maximum atomic E-state index is 6.03. The Balaban J connectivity index is 1.93. The number of likely N-dealkylation sites (N-methyl/N-ethyl adjacent to an activating group) is 1. The molecule has 4 nitrogen and oxygen atoms in total. The van der Waals surface area contributed by atoms with Crippen LogP contribution in [0, 0.1) is 0 Å². The van der Waals surface area contributed by atoms with Crippen LogP contribution in [-0.2, 0) is 6.42 Å². The van der Waals surface area contributed by atoms with E-state index in [1.807, 2.05) is 18.6 Å². The van der Waals surface area contributed by atoms with Crippen molar-refractivity contribution in [3.8, 4) is 16.3 Å². The number of nitrogens with zero attached hydrogens (tertiary/aromatic N) is 2. The minimum absolute atomic E-state index is 0.247. The Bertz CT molecular complexity index is 595. The van der Waals surface area contributed by atoms with Gasteiger partial charge in [0.15, 0.2) is 0 Å². The molecule has 106 valence electrons. The molecule has 0 amide bonds. The van der Waals surface area contributed by atoms with Gasteiger partial charge in [-0.15, -0.1) is 11.3 Å². The number of nitrogens with one attached hydrogen (secondary N) is 1. The Morgan fingerprint density at radius 2 is 2.30 bits per heavy atom. The molecule has 1 aromatic heterocycles. The molecule has 2 heterocycles. The van der Waals surface area contributed by atoms with Gasteiger partial charge in [0.05, 0.1) is 0 Å². The van der Waals surface area contributed by atoms with Crippen LogP contribution in [-0.4, -0.2) is 43.7 Å². The monoisotopic (exact) mass is 289 g/mol. The highest BCUT2D eigenvalue weighted by atomic mass is 32.1. The van der Waals surface area contributed by atoms with Crippen LogP contribution < -0.4 is 10.1 Å². The van der Waals surface area contributed by atoms with Crippen LogP contribution in [0.15, 0.2) is 23.7 Å². The molecule has 3 rings (SSSR count). The highest BCUT2D eigenvalue weighted by molar-refractivity contribution is 7.13. The van der Waals surface area contributed by atoms with Gasteiger partial charge in [0.2, 0.25) is 0 Å². The van der Waals surface area contributed by atoms with Crippen molar-refractivity contribution in [3.05, 3.63) is 29.3 Å². The lowest BCUT2D eigenvalue weighted by molar-refractivity contribution is 0.184. The predicted octanol–water partition coefficient (Wildman–Crippen LogP) is 2.72. The topological polar surface area (TPSA) is 37.4 Å². The lowest BCUT2D eigenvalue weighted by atomic mass is 10.0. The second kappa shape index (κ2) is 5.42. The van der Waals surface area contributed by atoms with E-state index in [9.17, 15) is 0 Å². The summed E-state index contributed by atoms with van der Waals surface area (Å²) in [4.78, 5) is 6.58. The van der Waals surface area contributed by atoms with Crippen LogP contribution in [0.5, 0.6) is 5.75 Å². The van der Waals surface area contributed by atoms with Gasteiger partial charge < -0.3 is 15.0 Å². The lowest BCUT2D eigenvalue weighted by Crippen LogP contribution is -2.29. The van der Waals surface area contributed by atoms with Crippen LogP contribution >= 0.6 is 11.3 Å². The summed E-state index contributed by atoms with van der Waals surface area (Å²) < 4.78 is 6.03. The van der Waals surface area contributed by atoms with Crippen molar-refractivity contribution in [1.82, 2.24) is 9.88 Å². The number of benzene rings is 1. The Morgan fingerprint density at radius 1 is 1.45 bits per heavy atom. The van der Waals surface area contributed by atoms with Gasteiger partial charge >= 0.3 is 0 Å². The van der Waals surface area contributed by atoms with Gasteiger partial charge in [-0.25, -0.2) is 4.98 Å². The molecule has 1 aromatic carbocycles. The average Bonchev–Trinajstić information content (AvgIpc) is 3.04. The first-order valence-electron chi connectivity index (χ1n) is 6.73. The molecule has 1 aliphatic heterocycles.